The Morgan fingerprint density at radius 1 is 1.37 bits per heavy atom. The van der Waals surface area contributed by atoms with E-state index in [1.807, 2.05) is 0 Å². The van der Waals surface area contributed by atoms with Gasteiger partial charge in [-0.05, 0) is 27.2 Å². The molecule has 0 aromatic rings. The fraction of sp³-hybridized carbons (Fsp3) is 0.750. The number of carbonyl (C=O) groups excluding carboxylic acids is 3. The van der Waals surface area contributed by atoms with Crippen LogP contribution in [-0.4, -0.2) is 46.7 Å². The molecule has 7 heteroatoms. The Kier molecular flexibility index (Phi) is 3.87. The van der Waals surface area contributed by atoms with Gasteiger partial charge in [0, 0.05) is 6.54 Å². The molecular weight excluding hydrogens is 270 g/mol. The molecule has 2 heterocycles. The first-order chi connectivity index (χ1) is 8.80. The third-order valence-electron chi connectivity index (χ3n) is 3.04. The molecular formula is C12H17NO5S. The lowest BCUT2D eigenvalue weighted by Crippen LogP contribution is -2.51. The maximum atomic E-state index is 11.8. The van der Waals surface area contributed by atoms with Crippen molar-refractivity contribution in [3.63, 3.8) is 0 Å². The van der Waals surface area contributed by atoms with Crippen molar-refractivity contribution in [2.45, 2.75) is 38.6 Å². The van der Waals surface area contributed by atoms with E-state index in [0.717, 1.165) is 13.0 Å². The minimum atomic E-state index is -0.836. The Labute approximate surface area is 115 Å². The average molecular weight is 287 g/mol. The van der Waals surface area contributed by atoms with E-state index in [9.17, 15) is 14.4 Å². The summed E-state index contributed by atoms with van der Waals surface area (Å²) in [7, 11) is 0. The zero-order valence-corrected chi connectivity index (χ0v) is 12.0. The molecule has 6 nitrogen and oxygen atoms in total. The maximum Gasteiger partial charge on any atom is 0.335 e. The third kappa shape index (κ3) is 2.92. The first kappa shape index (κ1) is 14.3. The fourth-order valence-electron chi connectivity index (χ4n) is 1.81. The molecule has 0 radical (unpaired) electrons. The second kappa shape index (κ2) is 5.13. The van der Waals surface area contributed by atoms with Crippen LogP contribution in [0.25, 0.3) is 0 Å². The number of rotatable bonds is 3. The SMILES string of the molecule is CC(C)(C)C(=O)OCOC(=O)C1C(=O)SC2CCN21. The number of nitrogens with zero attached hydrogens (tertiary/aromatic N) is 1. The summed E-state index contributed by atoms with van der Waals surface area (Å²) in [6, 6.07) is -0.836. The lowest BCUT2D eigenvalue weighted by molar-refractivity contribution is -0.176. The van der Waals surface area contributed by atoms with Crippen LogP contribution < -0.4 is 0 Å². The number of carbonyl (C=O) groups is 3. The highest BCUT2D eigenvalue weighted by Gasteiger charge is 2.50. The van der Waals surface area contributed by atoms with Crippen LogP contribution in [0.1, 0.15) is 27.2 Å². The van der Waals surface area contributed by atoms with E-state index in [1.165, 1.54) is 11.8 Å². The van der Waals surface area contributed by atoms with Gasteiger partial charge >= 0.3 is 11.9 Å². The van der Waals surface area contributed by atoms with Gasteiger partial charge in [-0.2, -0.15) is 0 Å². The van der Waals surface area contributed by atoms with Gasteiger partial charge in [0.25, 0.3) is 0 Å². The number of thioether (sulfide) groups is 1. The summed E-state index contributed by atoms with van der Waals surface area (Å²) in [6.45, 7) is 5.41. The van der Waals surface area contributed by atoms with Crippen molar-refractivity contribution in [1.82, 2.24) is 4.90 Å². The Hall–Kier alpha value is -1.08. The minimum Gasteiger partial charge on any atom is -0.427 e. The highest BCUT2D eigenvalue weighted by Crippen LogP contribution is 2.39. The quantitative estimate of drug-likeness (QED) is 0.431. The normalized spacial score (nSPS) is 26.6. The Morgan fingerprint density at radius 2 is 2.05 bits per heavy atom. The van der Waals surface area contributed by atoms with Crippen LogP contribution in [0.3, 0.4) is 0 Å². The van der Waals surface area contributed by atoms with E-state index in [1.54, 1.807) is 25.7 Å². The first-order valence-electron chi connectivity index (χ1n) is 6.11. The van der Waals surface area contributed by atoms with Crippen molar-refractivity contribution < 1.29 is 23.9 Å². The molecule has 19 heavy (non-hydrogen) atoms. The van der Waals surface area contributed by atoms with E-state index < -0.39 is 30.2 Å². The summed E-state index contributed by atoms with van der Waals surface area (Å²) < 4.78 is 9.69. The molecule has 0 bridgehead atoms. The van der Waals surface area contributed by atoms with Crippen molar-refractivity contribution in [2.24, 2.45) is 5.41 Å². The maximum absolute atomic E-state index is 11.8. The van der Waals surface area contributed by atoms with Crippen LogP contribution in [-0.2, 0) is 23.9 Å². The average Bonchev–Trinajstić information content (AvgIpc) is 2.50. The van der Waals surface area contributed by atoms with Crippen molar-refractivity contribution in [1.29, 1.82) is 0 Å². The molecule has 0 saturated carbocycles. The Balaban J connectivity index is 1.79. The fourth-order valence-corrected chi connectivity index (χ4v) is 3.02. The number of esters is 2. The second-order valence-corrected chi connectivity index (χ2v) is 6.77. The third-order valence-corrected chi connectivity index (χ3v) is 4.27. The van der Waals surface area contributed by atoms with Gasteiger partial charge in [0.1, 0.15) is 0 Å². The van der Waals surface area contributed by atoms with Gasteiger partial charge in [-0.3, -0.25) is 14.5 Å². The van der Waals surface area contributed by atoms with Crippen LogP contribution in [0.4, 0.5) is 0 Å². The minimum absolute atomic E-state index is 0.113. The zero-order valence-electron chi connectivity index (χ0n) is 11.2. The molecule has 0 N–H and O–H groups in total. The highest BCUT2D eigenvalue weighted by molar-refractivity contribution is 8.14. The van der Waals surface area contributed by atoms with Gasteiger partial charge in [-0.25, -0.2) is 4.79 Å². The van der Waals surface area contributed by atoms with Gasteiger partial charge in [0.2, 0.25) is 11.9 Å². The molecule has 2 aliphatic heterocycles. The molecule has 0 aliphatic carbocycles. The zero-order chi connectivity index (χ0) is 14.2. The molecule has 0 aromatic carbocycles. The molecule has 2 atom stereocenters. The molecule has 0 aromatic heterocycles. The summed E-state index contributed by atoms with van der Waals surface area (Å²) in [6.07, 6.45) is 0.916. The second-order valence-electron chi connectivity index (χ2n) is 5.58. The Morgan fingerprint density at radius 3 is 2.53 bits per heavy atom. The van der Waals surface area contributed by atoms with Crippen LogP contribution in [0.15, 0.2) is 0 Å². The van der Waals surface area contributed by atoms with E-state index in [2.05, 4.69) is 0 Å². The predicted octanol–water partition coefficient (Wildman–Crippen LogP) is 0.750. The van der Waals surface area contributed by atoms with E-state index >= 15 is 0 Å². The van der Waals surface area contributed by atoms with Gasteiger partial charge in [-0.1, -0.05) is 11.8 Å². The number of fused-ring (bicyclic) bond motifs is 1. The van der Waals surface area contributed by atoms with Crippen molar-refractivity contribution >= 4 is 28.8 Å². The molecule has 2 saturated heterocycles. The number of ether oxygens (including phenoxy) is 2. The van der Waals surface area contributed by atoms with Gasteiger partial charge in [-0.15, -0.1) is 0 Å². The summed E-state index contributed by atoms with van der Waals surface area (Å²) in [5.41, 5.74) is -0.645. The largest absolute Gasteiger partial charge is 0.427 e. The van der Waals surface area contributed by atoms with E-state index in [4.69, 9.17) is 9.47 Å². The summed E-state index contributed by atoms with van der Waals surface area (Å²) in [5, 5.41) is -0.0724. The Bertz CT molecular complexity index is 417. The first-order valence-corrected chi connectivity index (χ1v) is 6.99. The van der Waals surface area contributed by atoms with Crippen LogP contribution in [0.2, 0.25) is 0 Å². The molecule has 0 spiro atoms. The van der Waals surface area contributed by atoms with Crippen molar-refractivity contribution in [3.8, 4) is 0 Å². The summed E-state index contributed by atoms with van der Waals surface area (Å²) >= 11 is 1.17. The highest BCUT2D eigenvalue weighted by atomic mass is 32.2. The topological polar surface area (TPSA) is 72.9 Å². The standard InChI is InChI=1S/C12H17NO5S/c1-12(2,3)11(16)18-6-17-9(14)8-10(15)19-7-4-5-13(7)8/h7-8H,4-6H2,1-3H3. The van der Waals surface area contributed by atoms with Crippen molar-refractivity contribution in [2.75, 3.05) is 13.3 Å². The van der Waals surface area contributed by atoms with Crippen molar-refractivity contribution in [3.05, 3.63) is 0 Å². The summed E-state index contributed by atoms with van der Waals surface area (Å²) in [5.74, 6) is -1.09. The molecule has 0 amide bonds. The van der Waals surface area contributed by atoms with E-state index in [-0.39, 0.29) is 10.5 Å². The lowest BCUT2D eigenvalue weighted by Gasteiger charge is -2.35. The summed E-state index contributed by atoms with van der Waals surface area (Å²) in [4.78, 5) is 36.7. The predicted molar refractivity (Wildman–Crippen MR) is 68.0 cm³/mol. The monoisotopic (exact) mass is 287 g/mol. The molecule has 106 valence electrons. The lowest BCUT2D eigenvalue weighted by atomic mass is 9.98. The van der Waals surface area contributed by atoms with Crippen LogP contribution in [0, 0.1) is 5.41 Å². The molecule has 2 unspecified atom stereocenters. The molecule has 2 fully saturated rings. The van der Waals surface area contributed by atoms with Gasteiger partial charge in [0.15, 0.2) is 6.04 Å². The van der Waals surface area contributed by atoms with Crippen LogP contribution in [0.5, 0.6) is 0 Å². The number of hydrogen-bond donors (Lipinski definition) is 0. The number of hydrogen-bond acceptors (Lipinski definition) is 7. The van der Waals surface area contributed by atoms with Gasteiger partial charge < -0.3 is 9.47 Å². The van der Waals surface area contributed by atoms with Crippen LogP contribution >= 0.6 is 11.8 Å². The van der Waals surface area contributed by atoms with Gasteiger partial charge in [0.05, 0.1) is 10.8 Å². The molecule has 2 rings (SSSR count). The molecule has 2 aliphatic rings. The van der Waals surface area contributed by atoms with E-state index in [0.29, 0.717) is 0 Å². The smallest absolute Gasteiger partial charge is 0.335 e.